The van der Waals surface area contributed by atoms with Gasteiger partial charge in [0, 0.05) is 31.3 Å². The van der Waals surface area contributed by atoms with E-state index in [1.165, 1.54) is 11.9 Å². The summed E-state index contributed by atoms with van der Waals surface area (Å²) in [6, 6.07) is 0.841. The summed E-state index contributed by atoms with van der Waals surface area (Å²) in [6.07, 6.45) is -0.517. The number of aromatic amines is 1. The molecule has 0 spiro atoms. The summed E-state index contributed by atoms with van der Waals surface area (Å²) in [5, 5.41) is 9.65. The maximum atomic E-state index is 14.7. The summed E-state index contributed by atoms with van der Waals surface area (Å²) in [4.78, 5) is 29.3. The van der Waals surface area contributed by atoms with Crippen LogP contribution < -0.4 is 11.1 Å². The zero-order valence-electron chi connectivity index (χ0n) is 19.0. The number of nitrogens with two attached hydrogens (primary N) is 1. The fraction of sp³-hybridized carbons (Fsp3) is 0.500. The molecule has 11 heteroatoms. The first-order valence-corrected chi connectivity index (χ1v) is 10.7. The van der Waals surface area contributed by atoms with Crippen LogP contribution in [0, 0.1) is 11.6 Å². The van der Waals surface area contributed by atoms with Crippen LogP contribution in [-0.2, 0) is 22.6 Å². The summed E-state index contributed by atoms with van der Waals surface area (Å²) in [5.41, 5.74) is 6.82. The largest absolute Gasteiger partial charge is 0.444 e. The van der Waals surface area contributed by atoms with E-state index in [2.05, 4.69) is 15.5 Å². The van der Waals surface area contributed by atoms with Crippen LogP contribution in [0.2, 0.25) is 0 Å². The number of hydrogen-bond donors (Lipinski definition) is 3. The summed E-state index contributed by atoms with van der Waals surface area (Å²) >= 11 is 0. The van der Waals surface area contributed by atoms with Crippen molar-refractivity contribution in [2.75, 3.05) is 12.8 Å². The molecule has 1 aromatic heterocycles. The molecule has 4 N–H and O–H groups in total. The highest BCUT2D eigenvalue weighted by Gasteiger charge is 2.46. The smallest absolute Gasteiger partial charge is 0.407 e. The van der Waals surface area contributed by atoms with Crippen molar-refractivity contribution in [1.29, 1.82) is 0 Å². The molecule has 4 rings (SSSR count). The Kier molecular flexibility index (Phi) is 5.77. The lowest BCUT2D eigenvalue weighted by molar-refractivity contribution is -0.144. The Morgan fingerprint density at radius 2 is 2.03 bits per heavy atom. The van der Waals surface area contributed by atoms with E-state index in [9.17, 15) is 18.4 Å². The van der Waals surface area contributed by atoms with E-state index in [4.69, 9.17) is 10.5 Å². The molecule has 2 aliphatic rings. The Balaban J connectivity index is 1.65. The number of nitrogens with one attached hydrogen (secondary N) is 2. The Hall–Kier alpha value is -3.21. The third-order valence-corrected chi connectivity index (χ3v) is 6.04. The molecule has 2 aliphatic heterocycles. The van der Waals surface area contributed by atoms with Gasteiger partial charge in [-0.2, -0.15) is 5.10 Å². The number of nitrogens with zero attached hydrogens (tertiary/aromatic N) is 3. The monoisotopic (exact) mass is 462 g/mol. The van der Waals surface area contributed by atoms with Crippen molar-refractivity contribution in [2.45, 2.75) is 64.0 Å². The topological polar surface area (TPSA) is 117 Å². The molecule has 1 fully saturated rings. The quantitative estimate of drug-likeness (QED) is 0.645. The molecule has 33 heavy (non-hydrogen) atoms. The number of rotatable bonds is 3. The molecule has 9 nitrogen and oxygen atoms in total. The molecule has 1 unspecified atom stereocenters. The van der Waals surface area contributed by atoms with Crippen LogP contribution in [0.3, 0.4) is 0 Å². The van der Waals surface area contributed by atoms with Crippen LogP contribution in [0.25, 0.3) is 0 Å². The molecule has 1 saturated heterocycles. The van der Waals surface area contributed by atoms with Crippen molar-refractivity contribution in [1.82, 2.24) is 25.3 Å². The zero-order valence-corrected chi connectivity index (χ0v) is 19.0. The lowest BCUT2D eigenvalue weighted by Crippen LogP contribution is -2.60. The molecule has 178 valence electrons. The fourth-order valence-corrected chi connectivity index (χ4v) is 4.59. The molecule has 3 atom stereocenters. The highest BCUT2D eigenvalue weighted by atomic mass is 19.1. The van der Waals surface area contributed by atoms with Gasteiger partial charge < -0.3 is 20.7 Å². The van der Waals surface area contributed by atoms with Crippen LogP contribution >= 0.6 is 0 Å². The number of likely N-dealkylation sites (tertiary alicyclic amines) is 1. The number of aromatic nitrogens is 2. The number of halogens is 2. The number of ether oxygens (including phenoxy) is 1. The van der Waals surface area contributed by atoms with Crippen LogP contribution in [0.15, 0.2) is 18.2 Å². The van der Waals surface area contributed by atoms with Gasteiger partial charge in [-0.05, 0) is 45.4 Å². The molecule has 2 amide bonds. The average Bonchev–Trinajstić information content (AvgIpc) is 3.27. The van der Waals surface area contributed by atoms with Crippen LogP contribution in [-0.4, -0.2) is 56.7 Å². The van der Waals surface area contributed by atoms with Gasteiger partial charge in [0.25, 0.3) is 0 Å². The Labute approximate surface area is 190 Å². The van der Waals surface area contributed by atoms with Gasteiger partial charge in [0.15, 0.2) is 0 Å². The minimum absolute atomic E-state index is 0.00885. The van der Waals surface area contributed by atoms with E-state index >= 15 is 0 Å². The summed E-state index contributed by atoms with van der Waals surface area (Å²) in [5.74, 6) is -1.17. The lowest BCUT2D eigenvalue weighted by Gasteiger charge is -2.45. The number of likely N-dealkylation sites (N-methyl/N-ethyl adjacent to an activating group) is 1. The number of hydrogen-bond acceptors (Lipinski definition) is 6. The third kappa shape index (κ3) is 4.50. The number of benzene rings is 1. The van der Waals surface area contributed by atoms with Gasteiger partial charge in [0.05, 0.1) is 23.8 Å². The normalized spacial score (nSPS) is 23.5. The Morgan fingerprint density at radius 1 is 1.30 bits per heavy atom. The van der Waals surface area contributed by atoms with Crippen molar-refractivity contribution < 1.29 is 23.1 Å². The van der Waals surface area contributed by atoms with Crippen molar-refractivity contribution in [2.24, 2.45) is 0 Å². The second-order valence-electron chi connectivity index (χ2n) is 9.53. The van der Waals surface area contributed by atoms with Crippen LogP contribution in [0.5, 0.6) is 0 Å². The summed E-state index contributed by atoms with van der Waals surface area (Å²) in [6.45, 7) is 6.03. The number of carbonyl (C=O) groups is 2. The van der Waals surface area contributed by atoms with E-state index < -0.39 is 41.5 Å². The molecule has 0 radical (unpaired) electrons. The van der Waals surface area contributed by atoms with Crippen LogP contribution in [0.1, 0.15) is 50.1 Å². The predicted molar refractivity (Wildman–Crippen MR) is 116 cm³/mol. The van der Waals surface area contributed by atoms with E-state index in [1.54, 1.807) is 20.8 Å². The number of anilines is 1. The number of fused-ring (bicyclic) bond motifs is 1. The molecular weight excluding hydrogens is 434 g/mol. The first-order chi connectivity index (χ1) is 15.4. The molecule has 0 bridgehead atoms. The summed E-state index contributed by atoms with van der Waals surface area (Å²) in [7, 11) is 1.53. The van der Waals surface area contributed by atoms with E-state index in [1.807, 2.05) is 4.90 Å². The SMILES string of the molecule is CN1C(=O)[C@@H](N2Cc3[nH]nc(N)c3C2)CC(NC(=O)OC(C)(C)C)[C@H]1c1cc(F)ccc1F. The van der Waals surface area contributed by atoms with Gasteiger partial charge in [-0.15, -0.1) is 0 Å². The van der Waals surface area contributed by atoms with Gasteiger partial charge in [-0.3, -0.25) is 14.8 Å². The number of carbonyl (C=O) groups excluding carboxylic acids is 2. The molecule has 0 aliphatic carbocycles. The molecule has 3 heterocycles. The van der Waals surface area contributed by atoms with Gasteiger partial charge >= 0.3 is 6.09 Å². The summed E-state index contributed by atoms with van der Waals surface area (Å²) < 4.78 is 34.1. The average molecular weight is 463 g/mol. The van der Waals surface area contributed by atoms with E-state index in [0.29, 0.717) is 18.9 Å². The Morgan fingerprint density at radius 3 is 2.70 bits per heavy atom. The number of piperidine rings is 1. The van der Waals surface area contributed by atoms with Crippen molar-refractivity contribution in [3.05, 3.63) is 46.7 Å². The van der Waals surface area contributed by atoms with Crippen molar-refractivity contribution >= 4 is 17.8 Å². The number of amides is 2. The van der Waals surface area contributed by atoms with Crippen molar-refractivity contribution in [3.63, 3.8) is 0 Å². The van der Waals surface area contributed by atoms with Gasteiger partial charge in [-0.25, -0.2) is 13.6 Å². The lowest BCUT2D eigenvalue weighted by atomic mass is 9.87. The predicted octanol–water partition coefficient (Wildman–Crippen LogP) is 2.45. The molecule has 2 aromatic rings. The second kappa shape index (κ2) is 8.29. The highest BCUT2D eigenvalue weighted by molar-refractivity contribution is 5.84. The number of alkyl carbamates (subject to hydrolysis) is 1. The number of H-pyrrole nitrogens is 1. The van der Waals surface area contributed by atoms with Gasteiger partial charge in [0.2, 0.25) is 5.91 Å². The maximum Gasteiger partial charge on any atom is 0.407 e. The minimum atomic E-state index is -0.913. The fourth-order valence-electron chi connectivity index (χ4n) is 4.59. The van der Waals surface area contributed by atoms with Gasteiger partial charge in [-0.1, -0.05) is 0 Å². The highest BCUT2D eigenvalue weighted by Crippen LogP contribution is 2.37. The molecular formula is C22H28F2N6O3. The van der Waals surface area contributed by atoms with Gasteiger partial charge in [0.1, 0.15) is 23.1 Å². The third-order valence-electron chi connectivity index (χ3n) is 6.04. The maximum absolute atomic E-state index is 14.7. The second-order valence-corrected chi connectivity index (χ2v) is 9.53. The van der Waals surface area contributed by atoms with Crippen molar-refractivity contribution in [3.8, 4) is 0 Å². The van der Waals surface area contributed by atoms with Crippen LogP contribution in [0.4, 0.5) is 19.4 Å². The van der Waals surface area contributed by atoms with E-state index in [0.717, 1.165) is 29.5 Å². The first-order valence-electron chi connectivity index (χ1n) is 10.7. The standard InChI is InChI=1S/C22H28F2N6O3/c1-22(2,3)33-21(32)26-15-8-17(30-9-13-16(10-30)27-28-19(13)25)20(31)29(4)18(15)12-7-11(23)5-6-14(12)24/h5-7,15,17-18H,8-10H2,1-4H3,(H,26,32)(H3,25,27,28)/t15?,17-,18+/m0/s1. The van der Waals surface area contributed by atoms with E-state index in [-0.39, 0.29) is 17.9 Å². The Bertz CT molecular complexity index is 1080. The zero-order chi connectivity index (χ0) is 24.1. The first kappa shape index (κ1) is 23.0. The molecule has 1 aromatic carbocycles. The number of nitrogen functional groups attached to an aromatic ring is 1. The minimum Gasteiger partial charge on any atom is -0.444 e. The molecule has 0 saturated carbocycles.